The first kappa shape index (κ1) is 20.8. The zero-order valence-corrected chi connectivity index (χ0v) is 16.5. The average molecular weight is 417 g/mol. The van der Waals surface area contributed by atoms with E-state index in [1.807, 2.05) is 0 Å². The van der Waals surface area contributed by atoms with E-state index in [9.17, 15) is 19.7 Å². The van der Waals surface area contributed by atoms with E-state index in [1.165, 1.54) is 18.2 Å². The van der Waals surface area contributed by atoms with Gasteiger partial charge in [-0.2, -0.15) is 0 Å². The maximum absolute atomic E-state index is 12.5. The Bertz CT molecular complexity index is 896. The number of benzene rings is 2. The van der Waals surface area contributed by atoms with Crippen LogP contribution in [0.5, 0.6) is 0 Å². The molecule has 152 valence electrons. The number of rotatable bonds is 6. The van der Waals surface area contributed by atoms with Crippen molar-refractivity contribution < 1.29 is 14.5 Å². The smallest absolute Gasteiger partial charge is 0.271 e. The molecule has 3 rings (SSSR count). The number of halogens is 1. The third-order valence-corrected chi connectivity index (χ3v) is 5.00. The van der Waals surface area contributed by atoms with E-state index in [0.29, 0.717) is 49.0 Å². The molecule has 2 aromatic rings. The van der Waals surface area contributed by atoms with Crippen LogP contribution < -0.4 is 5.32 Å². The van der Waals surface area contributed by atoms with Crippen LogP contribution in [-0.4, -0.2) is 59.3 Å². The van der Waals surface area contributed by atoms with Crippen LogP contribution in [0.2, 0.25) is 5.02 Å². The predicted molar refractivity (Wildman–Crippen MR) is 110 cm³/mol. The van der Waals surface area contributed by atoms with Gasteiger partial charge < -0.3 is 10.2 Å². The maximum Gasteiger partial charge on any atom is 0.271 e. The first-order valence-electron chi connectivity index (χ1n) is 9.24. The van der Waals surface area contributed by atoms with Crippen LogP contribution in [0.3, 0.4) is 0 Å². The normalized spacial score (nSPS) is 14.4. The molecule has 0 spiro atoms. The third-order valence-electron chi connectivity index (χ3n) is 4.75. The Balaban J connectivity index is 1.43. The van der Waals surface area contributed by atoms with Gasteiger partial charge in [-0.15, -0.1) is 0 Å². The SMILES string of the molecule is O=C(CCN1CCN(C(=O)c2ccc(Cl)cc2)CC1)Nc1cccc([N+](=O)[O-])c1. The van der Waals surface area contributed by atoms with Crippen molar-refractivity contribution in [3.05, 3.63) is 69.2 Å². The molecule has 1 heterocycles. The minimum absolute atomic E-state index is 0.0234. The van der Waals surface area contributed by atoms with Gasteiger partial charge in [-0.05, 0) is 30.3 Å². The summed E-state index contributed by atoms with van der Waals surface area (Å²) in [4.78, 5) is 38.9. The van der Waals surface area contributed by atoms with Crippen LogP contribution in [0.1, 0.15) is 16.8 Å². The van der Waals surface area contributed by atoms with Crippen LogP contribution >= 0.6 is 11.6 Å². The van der Waals surface area contributed by atoms with Gasteiger partial charge in [0.1, 0.15) is 0 Å². The lowest BCUT2D eigenvalue weighted by atomic mass is 10.2. The number of hydrogen-bond donors (Lipinski definition) is 1. The number of anilines is 1. The second-order valence-corrected chi connectivity index (χ2v) is 7.18. The fourth-order valence-corrected chi connectivity index (χ4v) is 3.26. The van der Waals surface area contributed by atoms with Gasteiger partial charge in [-0.25, -0.2) is 0 Å². The second-order valence-electron chi connectivity index (χ2n) is 6.75. The van der Waals surface area contributed by atoms with Gasteiger partial charge in [0.25, 0.3) is 11.6 Å². The molecule has 0 aliphatic carbocycles. The van der Waals surface area contributed by atoms with Crippen LogP contribution in [0, 0.1) is 10.1 Å². The first-order chi connectivity index (χ1) is 13.9. The van der Waals surface area contributed by atoms with Crippen molar-refractivity contribution in [2.24, 2.45) is 0 Å². The number of carbonyl (C=O) groups is 2. The van der Waals surface area contributed by atoms with E-state index in [1.54, 1.807) is 35.2 Å². The molecular formula is C20H21ClN4O4. The maximum atomic E-state index is 12.5. The summed E-state index contributed by atoms with van der Waals surface area (Å²) in [6.07, 6.45) is 0.272. The molecule has 8 nitrogen and oxygen atoms in total. The van der Waals surface area contributed by atoms with Crippen molar-refractivity contribution >= 4 is 34.8 Å². The largest absolute Gasteiger partial charge is 0.336 e. The van der Waals surface area contributed by atoms with Gasteiger partial charge in [0, 0.05) is 67.6 Å². The molecule has 0 radical (unpaired) electrons. The van der Waals surface area contributed by atoms with E-state index in [2.05, 4.69) is 10.2 Å². The summed E-state index contributed by atoms with van der Waals surface area (Å²) in [5.74, 6) is -0.227. The van der Waals surface area contributed by atoms with Crippen molar-refractivity contribution in [1.29, 1.82) is 0 Å². The van der Waals surface area contributed by atoms with E-state index in [-0.39, 0.29) is 23.9 Å². The molecule has 0 aromatic heterocycles. The highest BCUT2D eigenvalue weighted by Gasteiger charge is 2.22. The molecule has 0 atom stereocenters. The molecule has 2 amide bonds. The van der Waals surface area contributed by atoms with E-state index in [0.717, 1.165) is 0 Å². The molecule has 1 N–H and O–H groups in total. The molecule has 1 aliphatic heterocycles. The van der Waals surface area contributed by atoms with E-state index >= 15 is 0 Å². The van der Waals surface area contributed by atoms with E-state index < -0.39 is 4.92 Å². The Morgan fingerprint density at radius 2 is 1.76 bits per heavy atom. The number of hydrogen-bond acceptors (Lipinski definition) is 5. The summed E-state index contributed by atoms with van der Waals surface area (Å²) in [5.41, 5.74) is 0.950. The summed E-state index contributed by atoms with van der Waals surface area (Å²) in [6.45, 7) is 3.11. The summed E-state index contributed by atoms with van der Waals surface area (Å²) in [7, 11) is 0. The van der Waals surface area contributed by atoms with Crippen LogP contribution in [0.4, 0.5) is 11.4 Å². The highest BCUT2D eigenvalue weighted by molar-refractivity contribution is 6.30. The average Bonchev–Trinajstić information content (AvgIpc) is 2.73. The molecule has 0 bridgehead atoms. The fraction of sp³-hybridized carbons (Fsp3) is 0.300. The number of nitro groups is 1. The lowest BCUT2D eigenvalue weighted by molar-refractivity contribution is -0.384. The van der Waals surface area contributed by atoms with E-state index in [4.69, 9.17) is 11.6 Å². The standard InChI is InChI=1S/C20H21ClN4O4/c21-16-6-4-15(5-7-16)20(27)24-12-10-23(11-13-24)9-8-19(26)22-17-2-1-3-18(14-17)25(28)29/h1-7,14H,8-13H2,(H,22,26). The van der Waals surface area contributed by atoms with Gasteiger partial charge in [0.05, 0.1) is 4.92 Å². The Labute approximate surface area is 173 Å². The molecule has 29 heavy (non-hydrogen) atoms. The Hall–Kier alpha value is -2.97. The topological polar surface area (TPSA) is 95.8 Å². The number of nitrogens with zero attached hydrogens (tertiary/aromatic N) is 3. The van der Waals surface area contributed by atoms with Crippen molar-refractivity contribution in [2.75, 3.05) is 38.0 Å². The number of nitro benzene ring substituents is 1. The van der Waals surface area contributed by atoms with Gasteiger partial charge in [-0.3, -0.25) is 24.6 Å². The molecule has 2 aromatic carbocycles. The predicted octanol–water partition coefficient (Wildman–Crippen LogP) is 3.03. The zero-order chi connectivity index (χ0) is 20.8. The number of non-ortho nitro benzene ring substituents is 1. The quantitative estimate of drug-likeness (QED) is 0.576. The summed E-state index contributed by atoms with van der Waals surface area (Å²) in [5, 5.41) is 14.1. The Kier molecular flexibility index (Phi) is 6.79. The first-order valence-corrected chi connectivity index (χ1v) is 9.61. The minimum Gasteiger partial charge on any atom is -0.336 e. The number of amides is 2. The number of piperazine rings is 1. The van der Waals surface area contributed by atoms with Crippen LogP contribution in [0.25, 0.3) is 0 Å². The summed E-state index contributed by atoms with van der Waals surface area (Å²) < 4.78 is 0. The molecule has 1 fully saturated rings. The van der Waals surface area contributed by atoms with Crippen molar-refractivity contribution in [1.82, 2.24) is 9.80 Å². The third kappa shape index (κ3) is 5.75. The number of nitrogens with one attached hydrogen (secondary N) is 1. The summed E-state index contributed by atoms with van der Waals surface area (Å²) >= 11 is 5.86. The Morgan fingerprint density at radius 3 is 2.41 bits per heavy atom. The molecule has 1 saturated heterocycles. The zero-order valence-electron chi connectivity index (χ0n) is 15.7. The highest BCUT2D eigenvalue weighted by Crippen LogP contribution is 2.17. The lowest BCUT2D eigenvalue weighted by Crippen LogP contribution is -2.49. The molecule has 9 heteroatoms. The van der Waals surface area contributed by atoms with Crippen molar-refractivity contribution in [3.8, 4) is 0 Å². The lowest BCUT2D eigenvalue weighted by Gasteiger charge is -2.34. The monoisotopic (exact) mass is 416 g/mol. The molecule has 0 unspecified atom stereocenters. The van der Waals surface area contributed by atoms with Crippen LogP contribution in [0.15, 0.2) is 48.5 Å². The van der Waals surface area contributed by atoms with Gasteiger partial charge in [-0.1, -0.05) is 17.7 Å². The molecular weight excluding hydrogens is 396 g/mol. The summed E-state index contributed by atoms with van der Waals surface area (Å²) in [6, 6.07) is 12.7. The van der Waals surface area contributed by atoms with Crippen LogP contribution in [-0.2, 0) is 4.79 Å². The van der Waals surface area contributed by atoms with Gasteiger partial charge in [0.2, 0.25) is 5.91 Å². The number of carbonyl (C=O) groups excluding carboxylic acids is 2. The molecule has 1 aliphatic rings. The fourth-order valence-electron chi connectivity index (χ4n) is 3.13. The Morgan fingerprint density at radius 1 is 1.07 bits per heavy atom. The highest BCUT2D eigenvalue weighted by atomic mass is 35.5. The second kappa shape index (κ2) is 9.49. The minimum atomic E-state index is -0.500. The molecule has 0 saturated carbocycles. The van der Waals surface area contributed by atoms with Crippen molar-refractivity contribution in [3.63, 3.8) is 0 Å². The van der Waals surface area contributed by atoms with Crippen molar-refractivity contribution in [2.45, 2.75) is 6.42 Å². The van der Waals surface area contributed by atoms with Gasteiger partial charge >= 0.3 is 0 Å². The van der Waals surface area contributed by atoms with Gasteiger partial charge in [0.15, 0.2) is 0 Å².